The van der Waals surface area contributed by atoms with Gasteiger partial charge in [0, 0.05) is 51.4 Å². The Morgan fingerprint density at radius 1 is 1.10 bits per heavy atom. The second-order valence-corrected chi connectivity index (χ2v) is 6.21. The number of rotatable bonds is 6. The monoisotopic (exact) mass is 291 g/mol. The van der Waals surface area contributed by atoms with Gasteiger partial charge < -0.3 is 9.80 Å². The summed E-state index contributed by atoms with van der Waals surface area (Å²) in [6.45, 7) is 11.3. The molecule has 116 valence electrons. The summed E-state index contributed by atoms with van der Waals surface area (Å²) in [6.07, 6.45) is 0.960. The van der Waals surface area contributed by atoms with E-state index in [4.69, 9.17) is 0 Å². The maximum Gasteiger partial charge on any atom is 0.269 e. The lowest BCUT2D eigenvalue weighted by Crippen LogP contribution is -2.47. The van der Waals surface area contributed by atoms with Crippen LogP contribution in [0.2, 0.25) is 0 Å². The van der Waals surface area contributed by atoms with E-state index in [1.807, 2.05) is 12.1 Å². The molecule has 1 aliphatic heterocycles. The van der Waals surface area contributed by atoms with E-state index in [9.17, 15) is 10.1 Å². The van der Waals surface area contributed by atoms with Gasteiger partial charge in [0.15, 0.2) is 0 Å². The van der Waals surface area contributed by atoms with Gasteiger partial charge in [-0.15, -0.1) is 0 Å². The molecule has 1 fully saturated rings. The third-order valence-corrected chi connectivity index (χ3v) is 3.95. The first kappa shape index (κ1) is 15.9. The molecule has 2 rings (SSSR count). The fraction of sp³-hybridized carbons (Fsp3) is 0.625. The Bertz CT molecular complexity index is 451. The van der Waals surface area contributed by atoms with Crippen LogP contribution < -0.4 is 0 Å². The Hall–Kier alpha value is -1.46. The van der Waals surface area contributed by atoms with Crippen LogP contribution in [-0.2, 0) is 6.42 Å². The fourth-order valence-corrected chi connectivity index (χ4v) is 2.78. The van der Waals surface area contributed by atoms with Gasteiger partial charge in [-0.05, 0) is 17.9 Å². The molecular formula is C16H25N3O2. The number of nitro groups is 1. The third-order valence-electron chi connectivity index (χ3n) is 3.95. The molecule has 1 saturated heterocycles. The summed E-state index contributed by atoms with van der Waals surface area (Å²) < 4.78 is 0. The third kappa shape index (κ3) is 5.10. The Balaban J connectivity index is 1.73. The number of non-ortho nitro benzene ring substituents is 1. The molecule has 0 amide bonds. The highest BCUT2D eigenvalue weighted by Crippen LogP contribution is 2.13. The minimum atomic E-state index is -0.349. The smallest absolute Gasteiger partial charge is 0.269 e. The van der Waals surface area contributed by atoms with Crippen LogP contribution in [0, 0.1) is 16.0 Å². The minimum Gasteiger partial charge on any atom is -0.301 e. The van der Waals surface area contributed by atoms with Gasteiger partial charge in [-0.25, -0.2) is 0 Å². The van der Waals surface area contributed by atoms with Gasteiger partial charge in [0.05, 0.1) is 4.92 Å². The number of hydrogen-bond acceptors (Lipinski definition) is 4. The van der Waals surface area contributed by atoms with Crippen LogP contribution in [0.1, 0.15) is 19.4 Å². The van der Waals surface area contributed by atoms with Crippen LogP contribution in [0.4, 0.5) is 5.69 Å². The average molecular weight is 291 g/mol. The zero-order valence-electron chi connectivity index (χ0n) is 13.0. The van der Waals surface area contributed by atoms with Gasteiger partial charge in [0.1, 0.15) is 0 Å². The molecule has 21 heavy (non-hydrogen) atoms. The second kappa shape index (κ2) is 7.52. The van der Waals surface area contributed by atoms with Crippen LogP contribution >= 0.6 is 0 Å². The lowest BCUT2D eigenvalue weighted by atomic mass is 10.1. The van der Waals surface area contributed by atoms with Gasteiger partial charge in [0.25, 0.3) is 5.69 Å². The standard InChI is InChI=1S/C16H25N3O2/c1-14(2)13-18-11-9-17(10-12-18)8-7-15-3-5-16(6-4-15)19(20)21/h3-6,14H,7-13H2,1-2H3. The van der Waals surface area contributed by atoms with Crippen molar-refractivity contribution < 1.29 is 4.92 Å². The van der Waals surface area contributed by atoms with Crippen molar-refractivity contribution in [2.45, 2.75) is 20.3 Å². The molecule has 0 unspecified atom stereocenters. The van der Waals surface area contributed by atoms with Gasteiger partial charge in [-0.2, -0.15) is 0 Å². The summed E-state index contributed by atoms with van der Waals surface area (Å²) in [5, 5.41) is 10.6. The van der Waals surface area contributed by atoms with E-state index in [1.54, 1.807) is 12.1 Å². The van der Waals surface area contributed by atoms with Gasteiger partial charge >= 0.3 is 0 Å². The van der Waals surface area contributed by atoms with Crippen LogP contribution in [-0.4, -0.2) is 54.0 Å². The molecule has 1 aromatic rings. The largest absolute Gasteiger partial charge is 0.301 e. The Morgan fingerprint density at radius 2 is 1.67 bits per heavy atom. The predicted octanol–water partition coefficient (Wildman–Crippen LogP) is 2.41. The Labute approximate surface area is 126 Å². The molecule has 0 saturated carbocycles. The summed E-state index contributed by atoms with van der Waals surface area (Å²) in [7, 11) is 0. The maximum absolute atomic E-state index is 10.6. The van der Waals surface area contributed by atoms with E-state index in [2.05, 4.69) is 23.6 Å². The maximum atomic E-state index is 10.6. The van der Waals surface area contributed by atoms with E-state index in [-0.39, 0.29) is 10.6 Å². The second-order valence-electron chi connectivity index (χ2n) is 6.21. The van der Waals surface area contributed by atoms with Crippen LogP contribution in [0.25, 0.3) is 0 Å². The Kier molecular flexibility index (Phi) is 5.70. The van der Waals surface area contributed by atoms with E-state index < -0.39 is 0 Å². The van der Waals surface area contributed by atoms with Crippen molar-refractivity contribution in [2.24, 2.45) is 5.92 Å². The highest BCUT2D eigenvalue weighted by atomic mass is 16.6. The molecule has 0 aliphatic carbocycles. The van der Waals surface area contributed by atoms with E-state index >= 15 is 0 Å². The summed E-state index contributed by atoms with van der Waals surface area (Å²) in [4.78, 5) is 15.3. The van der Waals surface area contributed by atoms with Crippen molar-refractivity contribution in [2.75, 3.05) is 39.3 Å². The van der Waals surface area contributed by atoms with Crippen molar-refractivity contribution in [3.8, 4) is 0 Å². The molecule has 5 heteroatoms. The molecule has 0 radical (unpaired) electrons. The number of nitro benzene ring substituents is 1. The van der Waals surface area contributed by atoms with Crippen molar-refractivity contribution in [3.05, 3.63) is 39.9 Å². The minimum absolute atomic E-state index is 0.168. The molecule has 0 atom stereocenters. The van der Waals surface area contributed by atoms with Crippen molar-refractivity contribution in [3.63, 3.8) is 0 Å². The molecule has 1 heterocycles. The topological polar surface area (TPSA) is 49.6 Å². The number of nitrogens with zero attached hydrogens (tertiary/aromatic N) is 3. The van der Waals surface area contributed by atoms with Crippen LogP contribution in [0.3, 0.4) is 0 Å². The number of benzene rings is 1. The SMILES string of the molecule is CC(C)CN1CCN(CCc2ccc([N+](=O)[O-])cc2)CC1. The summed E-state index contributed by atoms with van der Waals surface area (Å²) in [6, 6.07) is 6.92. The zero-order chi connectivity index (χ0) is 15.2. The van der Waals surface area contributed by atoms with Crippen LogP contribution in [0.5, 0.6) is 0 Å². The van der Waals surface area contributed by atoms with Crippen LogP contribution in [0.15, 0.2) is 24.3 Å². The molecule has 0 spiro atoms. The fourth-order valence-electron chi connectivity index (χ4n) is 2.78. The first-order chi connectivity index (χ1) is 10.0. The first-order valence-electron chi connectivity index (χ1n) is 7.72. The molecular weight excluding hydrogens is 266 g/mol. The molecule has 1 aliphatic rings. The van der Waals surface area contributed by atoms with Crippen molar-refractivity contribution in [1.82, 2.24) is 9.80 Å². The van der Waals surface area contributed by atoms with E-state index in [0.717, 1.165) is 45.1 Å². The highest BCUT2D eigenvalue weighted by Gasteiger charge is 2.17. The van der Waals surface area contributed by atoms with Gasteiger partial charge in [0.2, 0.25) is 0 Å². The Morgan fingerprint density at radius 3 is 2.19 bits per heavy atom. The average Bonchev–Trinajstić information content (AvgIpc) is 2.46. The molecule has 0 bridgehead atoms. The quantitative estimate of drug-likeness (QED) is 0.596. The molecule has 0 N–H and O–H groups in total. The lowest BCUT2D eigenvalue weighted by Gasteiger charge is -2.35. The summed E-state index contributed by atoms with van der Waals surface area (Å²) in [5.41, 5.74) is 1.34. The summed E-state index contributed by atoms with van der Waals surface area (Å²) >= 11 is 0. The predicted molar refractivity (Wildman–Crippen MR) is 84.5 cm³/mol. The summed E-state index contributed by atoms with van der Waals surface area (Å²) in [5.74, 6) is 0.733. The molecule has 0 aromatic heterocycles. The molecule has 5 nitrogen and oxygen atoms in total. The molecule has 1 aromatic carbocycles. The van der Waals surface area contributed by atoms with E-state index in [0.29, 0.717) is 0 Å². The van der Waals surface area contributed by atoms with Gasteiger partial charge in [-0.1, -0.05) is 26.0 Å². The number of hydrogen-bond donors (Lipinski definition) is 0. The van der Waals surface area contributed by atoms with E-state index in [1.165, 1.54) is 12.1 Å². The number of piperazine rings is 1. The zero-order valence-corrected chi connectivity index (χ0v) is 13.0. The van der Waals surface area contributed by atoms with Crippen molar-refractivity contribution >= 4 is 5.69 Å². The van der Waals surface area contributed by atoms with Gasteiger partial charge in [-0.3, -0.25) is 10.1 Å². The first-order valence-corrected chi connectivity index (χ1v) is 7.72. The normalized spacial score (nSPS) is 17.3. The van der Waals surface area contributed by atoms with Crippen molar-refractivity contribution in [1.29, 1.82) is 0 Å². The highest BCUT2D eigenvalue weighted by molar-refractivity contribution is 5.32. The lowest BCUT2D eigenvalue weighted by molar-refractivity contribution is -0.384.